The molecule has 0 aliphatic heterocycles. The molecule has 0 amide bonds. The monoisotopic (exact) mass is 335 g/mol. The third-order valence-electron chi connectivity index (χ3n) is 4.87. The molecule has 0 saturated carbocycles. The Labute approximate surface area is 148 Å². The van der Waals surface area contributed by atoms with Gasteiger partial charge in [-0.05, 0) is 12.0 Å². The molecule has 1 aromatic carbocycles. The summed E-state index contributed by atoms with van der Waals surface area (Å²) in [5.74, 6) is 0. The van der Waals surface area contributed by atoms with Crippen LogP contribution in [0.15, 0.2) is 30.3 Å². The van der Waals surface area contributed by atoms with Crippen molar-refractivity contribution in [3.05, 3.63) is 35.9 Å². The van der Waals surface area contributed by atoms with E-state index in [9.17, 15) is 10.2 Å². The maximum absolute atomic E-state index is 9.39. The lowest BCUT2D eigenvalue weighted by Crippen LogP contribution is -2.40. The van der Waals surface area contributed by atoms with Gasteiger partial charge in [0.25, 0.3) is 0 Å². The molecule has 1 aromatic rings. The van der Waals surface area contributed by atoms with Crippen LogP contribution in [0.5, 0.6) is 0 Å². The average Bonchev–Trinajstić information content (AvgIpc) is 2.57. The van der Waals surface area contributed by atoms with Crippen LogP contribution in [-0.4, -0.2) is 16.5 Å². The third-order valence-corrected chi connectivity index (χ3v) is 4.87. The normalized spacial score (nSPS) is 14.0. The Morgan fingerprint density at radius 1 is 0.833 bits per heavy atom. The number of nitrogens with two attached hydrogens (primary N) is 1. The lowest BCUT2D eigenvalue weighted by atomic mass is 9.82. The fourth-order valence-corrected chi connectivity index (χ4v) is 3.39. The van der Waals surface area contributed by atoms with Crippen LogP contribution in [0.3, 0.4) is 0 Å². The molecule has 0 saturated heterocycles. The number of hydrogen-bond donors (Lipinski definition) is 3. The molecule has 0 aliphatic carbocycles. The van der Waals surface area contributed by atoms with Crippen molar-refractivity contribution in [2.75, 3.05) is 0 Å². The van der Waals surface area contributed by atoms with Crippen molar-refractivity contribution in [3.63, 3.8) is 0 Å². The van der Waals surface area contributed by atoms with E-state index in [4.69, 9.17) is 5.73 Å². The smallest absolute Gasteiger partial charge is 0.153 e. The summed E-state index contributed by atoms with van der Waals surface area (Å²) in [6.07, 6.45) is 12.5. The summed E-state index contributed by atoms with van der Waals surface area (Å²) in [6.45, 7) is 2.25. The van der Waals surface area contributed by atoms with Crippen LogP contribution in [0.2, 0.25) is 0 Å². The van der Waals surface area contributed by atoms with E-state index in [2.05, 4.69) is 6.92 Å². The molecule has 3 nitrogen and oxygen atoms in total. The largest absolute Gasteiger partial charge is 0.368 e. The van der Waals surface area contributed by atoms with Crippen LogP contribution in [-0.2, 0) is 5.54 Å². The first kappa shape index (κ1) is 21.1. The molecular formula is C21H37NO2. The van der Waals surface area contributed by atoms with Gasteiger partial charge in [-0.25, -0.2) is 0 Å². The zero-order valence-corrected chi connectivity index (χ0v) is 15.4. The highest BCUT2D eigenvalue weighted by atomic mass is 16.5. The van der Waals surface area contributed by atoms with Crippen molar-refractivity contribution in [3.8, 4) is 0 Å². The van der Waals surface area contributed by atoms with Crippen LogP contribution in [0, 0.1) is 0 Å². The molecule has 0 heterocycles. The van der Waals surface area contributed by atoms with E-state index in [0.717, 1.165) is 18.4 Å². The molecule has 1 rings (SSSR count). The van der Waals surface area contributed by atoms with Gasteiger partial charge in [0.05, 0.1) is 0 Å². The Morgan fingerprint density at radius 3 is 1.83 bits per heavy atom. The molecular weight excluding hydrogens is 298 g/mol. The molecule has 0 spiro atoms. The van der Waals surface area contributed by atoms with Gasteiger partial charge in [0.1, 0.15) is 0 Å². The van der Waals surface area contributed by atoms with Crippen molar-refractivity contribution in [1.82, 2.24) is 0 Å². The molecule has 0 aromatic heterocycles. The van der Waals surface area contributed by atoms with Crippen molar-refractivity contribution < 1.29 is 10.2 Å². The quantitative estimate of drug-likeness (QED) is 0.336. The van der Waals surface area contributed by atoms with Crippen molar-refractivity contribution in [2.24, 2.45) is 5.73 Å². The highest BCUT2D eigenvalue weighted by molar-refractivity contribution is 5.23. The fourth-order valence-electron chi connectivity index (χ4n) is 3.39. The number of benzene rings is 1. The molecule has 0 bridgehead atoms. The molecule has 4 N–H and O–H groups in total. The summed E-state index contributed by atoms with van der Waals surface area (Å²) in [5, 5.41) is 18.8. The average molecular weight is 336 g/mol. The van der Waals surface area contributed by atoms with Gasteiger partial charge in [0.2, 0.25) is 0 Å². The maximum atomic E-state index is 9.39. The van der Waals surface area contributed by atoms with E-state index in [1.54, 1.807) is 0 Å². The first-order chi connectivity index (χ1) is 11.6. The Bertz CT molecular complexity index is 408. The second-order valence-corrected chi connectivity index (χ2v) is 7.14. The molecule has 0 radical (unpaired) electrons. The second-order valence-electron chi connectivity index (χ2n) is 7.14. The van der Waals surface area contributed by atoms with E-state index in [1.807, 2.05) is 30.3 Å². The van der Waals surface area contributed by atoms with Gasteiger partial charge in [-0.15, -0.1) is 0 Å². The maximum Gasteiger partial charge on any atom is 0.153 e. The fraction of sp³-hybridized carbons (Fsp3) is 0.714. The van der Waals surface area contributed by atoms with Crippen LogP contribution < -0.4 is 5.73 Å². The highest BCUT2D eigenvalue weighted by Crippen LogP contribution is 2.29. The lowest BCUT2D eigenvalue weighted by molar-refractivity contribution is -0.0615. The Morgan fingerprint density at radius 2 is 1.33 bits per heavy atom. The minimum atomic E-state index is -1.36. The molecule has 3 heteroatoms. The van der Waals surface area contributed by atoms with E-state index < -0.39 is 11.8 Å². The topological polar surface area (TPSA) is 66.5 Å². The first-order valence-electron chi connectivity index (χ1n) is 9.79. The van der Waals surface area contributed by atoms with Gasteiger partial charge in [-0.2, -0.15) is 0 Å². The molecule has 138 valence electrons. The zero-order valence-electron chi connectivity index (χ0n) is 15.4. The standard InChI is InChI=1S/C21H37NO2/c1-2-3-4-5-6-7-8-9-10-14-17-21(22,18-20(23)24)19-15-12-11-13-16-19/h11-13,15-16,20,23-24H,2-10,14,17-18,22H2,1H3. The summed E-state index contributed by atoms with van der Waals surface area (Å²) in [7, 11) is 0. The third kappa shape index (κ3) is 8.81. The number of aliphatic hydroxyl groups excluding tert-OH is 1. The SMILES string of the molecule is CCCCCCCCCCCCC(N)(CC(O)O)c1ccccc1. The van der Waals surface area contributed by atoms with Gasteiger partial charge >= 0.3 is 0 Å². The number of hydrogen-bond acceptors (Lipinski definition) is 3. The van der Waals surface area contributed by atoms with Crippen molar-refractivity contribution >= 4 is 0 Å². The predicted octanol–water partition coefficient (Wildman–Crippen LogP) is 4.85. The van der Waals surface area contributed by atoms with Crippen molar-refractivity contribution in [2.45, 2.75) is 95.8 Å². The Kier molecular flexibility index (Phi) is 11.0. The van der Waals surface area contributed by atoms with Gasteiger partial charge in [-0.1, -0.05) is 101 Å². The lowest BCUT2D eigenvalue weighted by Gasteiger charge is -2.31. The van der Waals surface area contributed by atoms with Gasteiger partial charge in [0.15, 0.2) is 6.29 Å². The zero-order chi connectivity index (χ0) is 17.7. The van der Waals surface area contributed by atoms with Crippen LogP contribution in [0.4, 0.5) is 0 Å². The molecule has 24 heavy (non-hydrogen) atoms. The Balaban J connectivity index is 2.24. The summed E-state index contributed by atoms with van der Waals surface area (Å²) in [6, 6.07) is 9.84. The van der Waals surface area contributed by atoms with Crippen LogP contribution >= 0.6 is 0 Å². The van der Waals surface area contributed by atoms with Gasteiger partial charge in [0, 0.05) is 12.0 Å². The van der Waals surface area contributed by atoms with E-state index in [0.29, 0.717) is 0 Å². The van der Waals surface area contributed by atoms with E-state index in [1.165, 1.54) is 57.8 Å². The Hall–Kier alpha value is -0.900. The molecule has 0 fully saturated rings. The summed E-state index contributed by atoms with van der Waals surface area (Å²) in [5.41, 5.74) is 6.86. The number of unbranched alkanes of at least 4 members (excludes halogenated alkanes) is 9. The van der Waals surface area contributed by atoms with E-state index >= 15 is 0 Å². The number of rotatable bonds is 14. The van der Waals surface area contributed by atoms with Crippen LogP contribution in [0.1, 0.15) is 89.5 Å². The molecule has 1 unspecified atom stereocenters. The van der Waals surface area contributed by atoms with Crippen LogP contribution in [0.25, 0.3) is 0 Å². The molecule has 0 aliphatic rings. The highest BCUT2D eigenvalue weighted by Gasteiger charge is 2.28. The second kappa shape index (κ2) is 12.5. The summed E-state index contributed by atoms with van der Waals surface area (Å²) >= 11 is 0. The summed E-state index contributed by atoms with van der Waals surface area (Å²) in [4.78, 5) is 0. The minimum absolute atomic E-state index is 0.189. The predicted molar refractivity (Wildman–Crippen MR) is 102 cm³/mol. The van der Waals surface area contributed by atoms with Gasteiger partial charge < -0.3 is 15.9 Å². The number of aliphatic hydroxyl groups is 2. The first-order valence-corrected chi connectivity index (χ1v) is 9.79. The van der Waals surface area contributed by atoms with E-state index in [-0.39, 0.29) is 6.42 Å². The molecule has 1 atom stereocenters. The summed E-state index contributed by atoms with van der Waals surface area (Å²) < 4.78 is 0. The van der Waals surface area contributed by atoms with Gasteiger partial charge in [-0.3, -0.25) is 0 Å². The van der Waals surface area contributed by atoms with Crippen molar-refractivity contribution in [1.29, 1.82) is 0 Å². The minimum Gasteiger partial charge on any atom is -0.368 e.